The number of para-hydroxylation sites is 1. The van der Waals surface area contributed by atoms with Gasteiger partial charge in [0.25, 0.3) is 5.56 Å². The van der Waals surface area contributed by atoms with Crippen LogP contribution in [0.4, 0.5) is 5.88 Å². The number of amides is 1. The molecule has 10 heteroatoms. The highest BCUT2D eigenvalue weighted by Crippen LogP contribution is 2.41. The van der Waals surface area contributed by atoms with Crippen molar-refractivity contribution >= 4 is 34.5 Å². The monoisotopic (exact) mass is 481 g/mol. The number of pyridine rings is 1. The number of aryl methyl sites for hydroxylation is 1. The van der Waals surface area contributed by atoms with Crippen LogP contribution < -0.4 is 25.1 Å². The molecular weight excluding hydrogens is 458 g/mol. The lowest BCUT2D eigenvalue weighted by molar-refractivity contribution is -0.113. The molecule has 0 aliphatic rings. The maximum atomic E-state index is 12.5. The second kappa shape index (κ2) is 9.92. The van der Waals surface area contributed by atoms with Gasteiger partial charge in [-0.1, -0.05) is 23.4 Å². The number of benzene rings is 2. The lowest BCUT2D eigenvalue weighted by Crippen LogP contribution is -2.17. The van der Waals surface area contributed by atoms with Crippen molar-refractivity contribution in [1.82, 2.24) is 9.72 Å². The van der Waals surface area contributed by atoms with Crippen LogP contribution in [0.1, 0.15) is 0 Å². The minimum Gasteiger partial charge on any atom is -0.493 e. The molecule has 176 valence electrons. The summed E-state index contributed by atoms with van der Waals surface area (Å²) in [5, 5.41) is 7.64. The van der Waals surface area contributed by atoms with Crippen LogP contribution in [0, 0.1) is 0 Å². The van der Waals surface area contributed by atoms with Crippen molar-refractivity contribution in [3.8, 4) is 28.5 Å². The molecule has 1 N–H and O–H groups in total. The van der Waals surface area contributed by atoms with E-state index in [4.69, 9.17) is 18.7 Å². The molecule has 9 nitrogen and oxygen atoms in total. The van der Waals surface area contributed by atoms with Crippen LogP contribution >= 0.6 is 11.8 Å². The molecule has 2 aromatic carbocycles. The molecule has 0 radical (unpaired) electrons. The molecule has 0 unspecified atom stereocenters. The van der Waals surface area contributed by atoms with E-state index in [2.05, 4.69) is 10.5 Å². The van der Waals surface area contributed by atoms with Gasteiger partial charge in [0.05, 0.1) is 32.6 Å². The van der Waals surface area contributed by atoms with Crippen LogP contribution in [-0.2, 0) is 11.8 Å². The van der Waals surface area contributed by atoms with E-state index in [9.17, 15) is 9.59 Å². The Labute approximate surface area is 199 Å². The van der Waals surface area contributed by atoms with Gasteiger partial charge < -0.3 is 23.3 Å². The van der Waals surface area contributed by atoms with Crippen molar-refractivity contribution in [3.05, 3.63) is 58.9 Å². The van der Waals surface area contributed by atoms with Crippen LogP contribution in [0.2, 0.25) is 0 Å². The van der Waals surface area contributed by atoms with Gasteiger partial charge in [0.2, 0.25) is 17.5 Å². The largest absolute Gasteiger partial charge is 0.493 e. The summed E-state index contributed by atoms with van der Waals surface area (Å²) in [6, 6.07) is 14.2. The summed E-state index contributed by atoms with van der Waals surface area (Å²) in [6.45, 7) is 0. The van der Waals surface area contributed by atoms with E-state index >= 15 is 0 Å². The highest BCUT2D eigenvalue weighted by molar-refractivity contribution is 8.00. The van der Waals surface area contributed by atoms with Gasteiger partial charge in [0.15, 0.2) is 11.5 Å². The zero-order valence-corrected chi connectivity index (χ0v) is 19.9. The summed E-state index contributed by atoms with van der Waals surface area (Å²) in [5.74, 6) is 1.42. The molecule has 0 spiro atoms. The zero-order valence-electron chi connectivity index (χ0n) is 19.1. The van der Waals surface area contributed by atoms with Crippen molar-refractivity contribution in [2.45, 2.75) is 4.90 Å². The first-order chi connectivity index (χ1) is 16.4. The topological polar surface area (TPSA) is 105 Å². The molecule has 0 fully saturated rings. The molecule has 2 heterocycles. The predicted octanol–water partition coefficient (Wildman–Crippen LogP) is 3.95. The van der Waals surface area contributed by atoms with Crippen molar-refractivity contribution in [1.29, 1.82) is 0 Å². The normalized spacial score (nSPS) is 10.8. The van der Waals surface area contributed by atoms with Crippen LogP contribution in [0.5, 0.6) is 17.2 Å². The number of hydrogen-bond acceptors (Lipinski definition) is 8. The average Bonchev–Trinajstić information content (AvgIpc) is 3.32. The molecule has 0 aliphatic carbocycles. The number of fused-ring (bicyclic) bond motifs is 1. The molecule has 1 amide bonds. The number of rotatable bonds is 8. The van der Waals surface area contributed by atoms with E-state index in [0.29, 0.717) is 28.5 Å². The number of carbonyl (C=O) groups excluding carboxylic acids is 1. The van der Waals surface area contributed by atoms with Crippen molar-refractivity contribution in [3.63, 3.8) is 0 Å². The maximum Gasteiger partial charge on any atom is 0.251 e. The molecule has 0 atom stereocenters. The number of nitrogens with one attached hydrogen (secondary N) is 1. The van der Waals surface area contributed by atoms with Gasteiger partial charge in [-0.2, -0.15) is 0 Å². The Bertz CT molecular complexity index is 1390. The highest BCUT2D eigenvalue weighted by Gasteiger charge is 2.17. The van der Waals surface area contributed by atoms with Gasteiger partial charge in [-0.3, -0.25) is 14.9 Å². The van der Waals surface area contributed by atoms with E-state index in [1.54, 1.807) is 29.8 Å². The Morgan fingerprint density at radius 3 is 2.44 bits per heavy atom. The van der Waals surface area contributed by atoms with E-state index in [-0.39, 0.29) is 23.1 Å². The third-order valence-electron chi connectivity index (χ3n) is 5.21. The van der Waals surface area contributed by atoms with Gasteiger partial charge >= 0.3 is 0 Å². The Kier molecular flexibility index (Phi) is 6.78. The fraction of sp³-hybridized carbons (Fsp3) is 0.208. The summed E-state index contributed by atoms with van der Waals surface area (Å²) >= 11 is 1.28. The molecule has 0 saturated heterocycles. The van der Waals surface area contributed by atoms with Gasteiger partial charge in [0.1, 0.15) is 5.69 Å². The number of carbonyl (C=O) groups is 1. The number of ether oxygens (including phenoxy) is 3. The first-order valence-corrected chi connectivity index (χ1v) is 11.2. The lowest BCUT2D eigenvalue weighted by atomic mass is 10.1. The SMILES string of the molecule is COc1cc(-c2cc(NC(=O)CSc3cc(=O)n(C)c4ccccc34)on2)cc(OC)c1OC. The van der Waals surface area contributed by atoms with E-state index in [1.165, 1.54) is 39.2 Å². The smallest absolute Gasteiger partial charge is 0.251 e. The Balaban J connectivity index is 1.48. The van der Waals surface area contributed by atoms with Crippen LogP contribution in [0.15, 0.2) is 62.7 Å². The van der Waals surface area contributed by atoms with Crippen LogP contribution in [0.25, 0.3) is 22.2 Å². The number of nitrogens with zero attached hydrogens (tertiary/aromatic N) is 2. The minimum absolute atomic E-state index is 0.0946. The summed E-state index contributed by atoms with van der Waals surface area (Å²) < 4.78 is 23.0. The molecule has 4 aromatic rings. The molecule has 0 aliphatic heterocycles. The maximum absolute atomic E-state index is 12.5. The summed E-state index contributed by atoms with van der Waals surface area (Å²) in [6.07, 6.45) is 0. The lowest BCUT2D eigenvalue weighted by Gasteiger charge is -2.13. The third-order valence-corrected chi connectivity index (χ3v) is 6.26. The molecule has 34 heavy (non-hydrogen) atoms. The summed E-state index contributed by atoms with van der Waals surface area (Å²) in [5.41, 5.74) is 1.83. The van der Waals surface area contributed by atoms with Crippen molar-refractivity contribution in [2.75, 3.05) is 32.4 Å². The van der Waals surface area contributed by atoms with Gasteiger partial charge in [-0.15, -0.1) is 11.8 Å². The van der Waals surface area contributed by atoms with Crippen LogP contribution in [-0.4, -0.2) is 42.7 Å². The van der Waals surface area contributed by atoms with E-state index < -0.39 is 0 Å². The number of aromatic nitrogens is 2. The highest BCUT2D eigenvalue weighted by atomic mass is 32.2. The Hall–Kier alpha value is -3.92. The number of thioether (sulfide) groups is 1. The van der Waals surface area contributed by atoms with Gasteiger partial charge in [-0.25, -0.2) is 0 Å². The summed E-state index contributed by atoms with van der Waals surface area (Å²) in [4.78, 5) is 25.5. The van der Waals surface area contributed by atoms with Gasteiger partial charge in [-0.05, 0) is 18.2 Å². The minimum atomic E-state index is -0.289. The van der Waals surface area contributed by atoms with Gasteiger partial charge in [0, 0.05) is 35.0 Å². The van der Waals surface area contributed by atoms with Crippen LogP contribution in [0.3, 0.4) is 0 Å². The number of methoxy groups -OCH3 is 3. The Morgan fingerprint density at radius 1 is 1.06 bits per heavy atom. The second-order valence-electron chi connectivity index (χ2n) is 7.25. The van der Waals surface area contributed by atoms with E-state index in [0.717, 1.165) is 15.8 Å². The fourth-order valence-electron chi connectivity index (χ4n) is 3.52. The number of hydrogen-bond donors (Lipinski definition) is 1. The van der Waals surface area contributed by atoms with E-state index in [1.807, 2.05) is 24.3 Å². The summed E-state index contributed by atoms with van der Waals surface area (Å²) in [7, 11) is 6.30. The Morgan fingerprint density at radius 2 is 1.76 bits per heavy atom. The predicted molar refractivity (Wildman–Crippen MR) is 130 cm³/mol. The first kappa shape index (κ1) is 23.2. The van der Waals surface area contributed by atoms with Crippen molar-refractivity contribution in [2.24, 2.45) is 7.05 Å². The molecular formula is C24H23N3O6S. The molecule has 0 saturated carbocycles. The first-order valence-electron chi connectivity index (χ1n) is 10.2. The molecule has 2 aromatic heterocycles. The fourth-order valence-corrected chi connectivity index (χ4v) is 4.39. The molecule has 0 bridgehead atoms. The quantitative estimate of drug-likeness (QED) is 0.377. The third kappa shape index (κ3) is 4.58. The van der Waals surface area contributed by atoms with Crippen molar-refractivity contribution < 1.29 is 23.5 Å². The molecule has 4 rings (SSSR count). The standard InChI is InChI=1S/C24H23N3O6S/c1-27-17-8-6-5-7-15(17)20(12-23(27)29)34-13-21(28)25-22-11-16(26-33-22)14-9-18(30-2)24(32-4)19(10-14)31-3/h5-12H,13H2,1-4H3,(H,25,28). The zero-order chi connectivity index (χ0) is 24.2. The average molecular weight is 482 g/mol. The number of anilines is 1. The second-order valence-corrected chi connectivity index (χ2v) is 8.27.